The highest BCUT2D eigenvalue weighted by Crippen LogP contribution is 2.21. The summed E-state index contributed by atoms with van der Waals surface area (Å²) in [6, 6.07) is 27.3. The quantitative estimate of drug-likeness (QED) is 0.392. The van der Waals surface area contributed by atoms with Crippen LogP contribution in [-0.4, -0.2) is 18.4 Å². The van der Waals surface area contributed by atoms with Crippen molar-refractivity contribution in [2.24, 2.45) is 0 Å². The molecule has 148 valence electrons. The van der Waals surface area contributed by atoms with Crippen LogP contribution in [0.15, 0.2) is 91.0 Å². The van der Waals surface area contributed by atoms with Crippen molar-refractivity contribution in [3.63, 3.8) is 0 Å². The minimum Gasteiger partial charge on any atom is -0.484 e. The molecular weight excluding hydrogens is 376 g/mol. The normalized spacial score (nSPS) is 10.9. The zero-order valence-corrected chi connectivity index (χ0v) is 16.2. The maximum Gasteiger partial charge on any atom is 0.276 e. The standard InChI is InChI=1S/C25H20N2O3/c28-24(15-13-20-10-5-9-19-7-3-4-11-23(19)20)26-27-25(29)17-30-22-14-12-18-6-1-2-8-21(18)16-22/h1-16H,17H2,(H,26,28)(H,27,29). The third-order valence-corrected chi connectivity index (χ3v) is 4.65. The average molecular weight is 396 g/mol. The number of hydrazine groups is 1. The van der Waals surface area contributed by atoms with Crippen LogP contribution in [0.5, 0.6) is 5.75 Å². The second-order valence-electron chi connectivity index (χ2n) is 6.74. The minimum absolute atomic E-state index is 0.203. The lowest BCUT2D eigenvalue weighted by atomic mass is 10.0. The van der Waals surface area contributed by atoms with Crippen LogP contribution in [0.2, 0.25) is 0 Å². The zero-order chi connectivity index (χ0) is 20.8. The Morgan fingerprint density at radius 2 is 1.50 bits per heavy atom. The van der Waals surface area contributed by atoms with E-state index in [4.69, 9.17) is 4.74 Å². The summed E-state index contributed by atoms with van der Waals surface area (Å²) in [6.45, 7) is -0.203. The van der Waals surface area contributed by atoms with E-state index in [0.717, 1.165) is 27.1 Å². The Morgan fingerprint density at radius 1 is 0.767 bits per heavy atom. The second kappa shape index (κ2) is 8.92. The molecule has 0 heterocycles. The monoisotopic (exact) mass is 396 g/mol. The highest BCUT2D eigenvalue weighted by atomic mass is 16.5. The molecule has 4 aromatic rings. The Bertz CT molecular complexity index is 1240. The van der Waals surface area contributed by atoms with Crippen LogP contribution in [0.1, 0.15) is 5.56 Å². The van der Waals surface area contributed by atoms with Gasteiger partial charge < -0.3 is 4.74 Å². The van der Waals surface area contributed by atoms with E-state index < -0.39 is 11.8 Å². The van der Waals surface area contributed by atoms with Gasteiger partial charge in [-0.25, -0.2) is 0 Å². The molecule has 0 spiro atoms. The predicted molar refractivity (Wildman–Crippen MR) is 119 cm³/mol. The maximum atomic E-state index is 12.0. The third-order valence-electron chi connectivity index (χ3n) is 4.65. The van der Waals surface area contributed by atoms with Gasteiger partial charge in [0.25, 0.3) is 11.8 Å². The number of ether oxygens (including phenoxy) is 1. The number of hydrogen-bond donors (Lipinski definition) is 2. The van der Waals surface area contributed by atoms with Crippen LogP contribution in [0.4, 0.5) is 0 Å². The van der Waals surface area contributed by atoms with Gasteiger partial charge in [0.05, 0.1) is 0 Å². The van der Waals surface area contributed by atoms with Crippen LogP contribution < -0.4 is 15.6 Å². The Balaban J connectivity index is 1.28. The van der Waals surface area contributed by atoms with E-state index in [1.54, 1.807) is 12.1 Å². The molecule has 0 aromatic heterocycles. The van der Waals surface area contributed by atoms with Crippen molar-refractivity contribution in [2.75, 3.05) is 6.61 Å². The van der Waals surface area contributed by atoms with Gasteiger partial charge in [-0.05, 0) is 45.3 Å². The number of nitrogens with one attached hydrogen (secondary N) is 2. The molecule has 5 nitrogen and oxygen atoms in total. The molecule has 0 saturated heterocycles. The van der Waals surface area contributed by atoms with E-state index >= 15 is 0 Å². The molecule has 0 saturated carbocycles. The van der Waals surface area contributed by atoms with E-state index in [-0.39, 0.29) is 6.61 Å². The summed E-state index contributed by atoms with van der Waals surface area (Å²) >= 11 is 0. The molecule has 4 aromatic carbocycles. The molecule has 5 heteroatoms. The van der Waals surface area contributed by atoms with Crippen LogP contribution in [0, 0.1) is 0 Å². The summed E-state index contributed by atoms with van der Waals surface area (Å²) in [6.07, 6.45) is 3.10. The minimum atomic E-state index is -0.449. The molecule has 0 atom stereocenters. The molecular formula is C25H20N2O3. The summed E-state index contributed by atoms with van der Waals surface area (Å²) in [5.41, 5.74) is 5.64. The molecule has 0 unspecified atom stereocenters. The largest absolute Gasteiger partial charge is 0.484 e. The number of hydrogen-bond acceptors (Lipinski definition) is 3. The van der Waals surface area contributed by atoms with Crippen molar-refractivity contribution >= 4 is 39.4 Å². The van der Waals surface area contributed by atoms with Gasteiger partial charge in [-0.1, -0.05) is 72.8 Å². The molecule has 30 heavy (non-hydrogen) atoms. The first-order chi connectivity index (χ1) is 14.7. The fraction of sp³-hybridized carbons (Fsp3) is 0.0400. The van der Waals surface area contributed by atoms with Gasteiger partial charge in [-0.3, -0.25) is 20.4 Å². The van der Waals surface area contributed by atoms with E-state index in [0.29, 0.717) is 5.75 Å². The van der Waals surface area contributed by atoms with Gasteiger partial charge in [0.1, 0.15) is 5.75 Å². The molecule has 0 bridgehead atoms. The SMILES string of the molecule is O=C(C=Cc1cccc2ccccc12)NNC(=O)COc1ccc2ccccc2c1. The van der Waals surface area contributed by atoms with E-state index in [9.17, 15) is 9.59 Å². The number of carbonyl (C=O) groups excluding carboxylic acids is 2. The van der Waals surface area contributed by atoms with Crippen LogP contribution in [-0.2, 0) is 9.59 Å². The lowest BCUT2D eigenvalue weighted by molar-refractivity contribution is -0.128. The summed E-state index contributed by atoms with van der Waals surface area (Å²) in [7, 11) is 0. The highest BCUT2D eigenvalue weighted by Gasteiger charge is 2.05. The van der Waals surface area contributed by atoms with Crippen LogP contribution >= 0.6 is 0 Å². The molecule has 0 aliphatic heterocycles. The van der Waals surface area contributed by atoms with Crippen molar-refractivity contribution in [3.8, 4) is 5.75 Å². The van der Waals surface area contributed by atoms with Crippen LogP contribution in [0.3, 0.4) is 0 Å². The predicted octanol–water partition coefficient (Wildman–Crippen LogP) is 4.23. The highest BCUT2D eigenvalue weighted by molar-refractivity contribution is 5.97. The smallest absolute Gasteiger partial charge is 0.276 e. The summed E-state index contributed by atoms with van der Waals surface area (Å²) < 4.78 is 5.50. The van der Waals surface area contributed by atoms with Gasteiger partial charge in [-0.2, -0.15) is 0 Å². The number of fused-ring (bicyclic) bond motifs is 2. The molecule has 4 rings (SSSR count). The second-order valence-corrected chi connectivity index (χ2v) is 6.74. The van der Waals surface area contributed by atoms with E-state index in [2.05, 4.69) is 10.9 Å². The first kappa shape index (κ1) is 19.2. The molecule has 0 fully saturated rings. The topological polar surface area (TPSA) is 67.4 Å². The average Bonchev–Trinajstić information content (AvgIpc) is 2.79. The fourth-order valence-electron chi connectivity index (χ4n) is 3.18. The van der Waals surface area contributed by atoms with Crippen molar-refractivity contribution in [1.82, 2.24) is 10.9 Å². The Morgan fingerprint density at radius 3 is 2.37 bits per heavy atom. The zero-order valence-electron chi connectivity index (χ0n) is 16.2. The Labute approximate surface area is 173 Å². The molecule has 2 amide bonds. The number of carbonyl (C=O) groups is 2. The first-order valence-corrected chi connectivity index (χ1v) is 9.55. The first-order valence-electron chi connectivity index (χ1n) is 9.55. The van der Waals surface area contributed by atoms with E-state index in [1.165, 1.54) is 6.08 Å². The third kappa shape index (κ3) is 4.64. The summed E-state index contributed by atoms with van der Waals surface area (Å²) in [4.78, 5) is 24.0. The van der Waals surface area contributed by atoms with Crippen LogP contribution in [0.25, 0.3) is 27.6 Å². The number of amides is 2. The fourth-order valence-corrected chi connectivity index (χ4v) is 3.18. The van der Waals surface area contributed by atoms with Crippen molar-refractivity contribution in [1.29, 1.82) is 0 Å². The number of rotatable bonds is 5. The molecule has 2 N–H and O–H groups in total. The van der Waals surface area contributed by atoms with Crippen molar-refractivity contribution in [3.05, 3.63) is 96.6 Å². The number of benzene rings is 4. The summed E-state index contributed by atoms with van der Waals surface area (Å²) in [5, 5.41) is 4.28. The van der Waals surface area contributed by atoms with Gasteiger partial charge in [-0.15, -0.1) is 0 Å². The molecule has 0 aliphatic carbocycles. The molecule has 0 aliphatic rings. The maximum absolute atomic E-state index is 12.0. The lowest BCUT2D eigenvalue weighted by Crippen LogP contribution is -2.43. The molecule has 0 radical (unpaired) electrons. The van der Waals surface area contributed by atoms with Crippen molar-refractivity contribution in [2.45, 2.75) is 0 Å². The van der Waals surface area contributed by atoms with E-state index in [1.807, 2.05) is 78.9 Å². The Kier molecular flexibility index (Phi) is 5.71. The lowest BCUT2D eigenvalue weighted by Gasteiger charge is -2.08. The van der Waals surface area contributed by atoms with Crippen molar-refractivity contribution < 1.29 is 14.3 Å². The van der Waals surface area contributed by atoms with Gasteiger partial charge in [0, 0.05) is 6.08 Å². The van der Waals surface area contributed by atoms with Gasteiger partial charge in [0.15, 0.2) is 6.61 Å². The Hall–Kier alpha value is -4.12. The van der Waals surface area contributed by atoms with Gasteiger partial charge >= 0.3 is 0 Å². The van der Waals surface area contributed by atoms with Gasteiger partial charge in [0.2, 0.25) is 0 Å². The summed E-state index contributed by atoms with van der Waals surface area (Å²) in [5.74, 6) is -0.289.